The molecular formula is C28H35FN4O2. The van der Waals surface area contributed by atoms with Crippen molar-refractivity contribution in [2.75, 3.05) is 26.7 Å². The maximum absolute atomic E-state index is 13.5. The van der Waals surface area contributed by atoms with Gasteiger partial charge in [0.25, 0.3) is 0 Å². The number of rotatable bonds is 8. The molecule has 2 saturated heterocycles. The summed E-state index contributed by atoms with van der Waals surface area (Å²) >= 11 is 0. The molecule has 2 aromatic carbocycles. The van der Waals surface area contributed by atoms with E-state index in [-0.39, 0.29) is 29.6 Å². The Bertz CT molecular complexity index is 1020. The predicted molar refractivity (Wildman–Crippen MR) is 135 cm³/mol. The second kappa shape index (κ2) is 12.1. The van der Waals surface area contributed by atoms with Gasteiger partial charge in [-0.25, -0.2) is 4.39 Å². The molecule has 0 aliphatic carbocycles. The summed E-state index contributed by atoms with van der Waals surface area (Å²) in [6, 6.07) is 16.9. The van der Waals surface area contributed by atoms with Crippen molar-refractivity contribution in [1.29, 1.82) is 0 Å². The summed E-state index contributed by atoms with van der Waals surface area (Å²) in [5.41, 5.74) is 8.52. The van der Waals surface area contributed by atoms with Gasteiger partial charge in [0.05, 0.1) is 0 Å². The minimum absolute atomic E-state index is 0.00215. The molecule has 0 radical (unpaired) electrons. The number of nitrogens with zero attached hydrogens (tertiary/aromatic N) is 2. The van der Waals surface area contributed by atoms with Gasteiger partial charge in [0.1, 0.15) is 5.82 Å². The Morgan fingerprint density at radius 2 is 1.86 bits per heavy atom. The van der Waals surface area contributed by atoms with E-state index < -0.39 is 0 Å². The molecular weight excluding hydrogens is 443 g/mol. The number of nitrogens with one attached hydrogen (secondary N) is 2. The van der Waals surface area contributed by atoms with E-state index in [1.807, 2.05) is 59.3 Å². The van der Waals surface area contributed by atoms with E-state index >= 15 is 0 Å². The van der Waals surface area contributed by atoms with Crippen LogP contribution in [0.4, 0.5) is 4.39 Å². The molecule has 0 bridgehead atoms. The molecule has 6 nitrogen and oxygen atoms in total. The molecule has 2 aliphatic heterocycles. The molecule has 0 spiro atoms. The van der Waals surface area contributed by atoms with Crippen LogP contribution in [0.15, 0.2) is 60.7 Å². The Hall–Kier alpha value is -3.03. The number of hydrazine groups is 1. The van der Waals surface area contributed by atoms with Crippen molar-refractivity contribution >= 4 is 17.9 Å². The van der Waals surface area contributed by atoms with Gasteiger partial charge in [-0.2, -0.15) is 0 Å². The van der Waals surface area contributed by atoms with Gasteiger partial charge >= 0.3 is 0 Å². The third kappa shape index (κ3) is 6.99. The maximum atomic E-state index is 13.5. The lowest BCUT2D eigenvalue weighted by Gasteiger charge is -2.32. The van der Waals surface area contributed by atoms with Crippen molar-refractivity contribution in [3.8, 4) is 0 Å². The van der Waals surface area contributed by atoms with E-state index in [1.165, 1.54) is 6.07 Å². The van der Waals surface area contributed by atoms with E-state index in [0.29, 0.717) is 38.5 Å². The summed E-state index contributed by atoms with van der Waals surface area (Å²) in [6.45, 7) is 1.93. The third-order valence-corrected chi connectivity index (χ3v) is 7.03. The zero-order valence-electron chi connectivity index (χ0n) is 20.3. The molecule has 2 amide bonds. The Balaban J connectivity index is 1.15. The lowest BCUT2D eigenvalue weighted by molar-refractivity contribution is -0.138. The van der Waals surface area contributed by atoms with Crippen molar-refractivity contribution in [3.05, 3.63) is 77.6 Å². The number of carbonyl (C=O) groups excluding carboxylic acids is 2. The van der Waals surface area contributed by atoms with E-state index in [0.717, 1.165) is 30.4 Å². The molecule has 2 N–H and O–H groups in total. The zero-order valence-corrected chi connectivity index (χ0v) is 20.3. The first kappa shape index (κ1) is 25.1. The number of carbonyl (C=O) groups is 2. The normalized spacial score (nSPS) is 20.9. The van der Waals surface area contributed by atoms with Crippen molar-refractivity contribution in [2.24, 2.45) is 5.92 Å². The quantitative estimate of drug-likeness (QED) is 0.565. The molecule has 4 rings (SSSR count). The van der Waals surface area contributed by atoms with Crippen LogP contribution in [0.5, 0.6) is 0 Å². The first-order valence-corrected chi connectivity index (χ1v) is 12.5. The van der Waals surface area contributed by atoms with Gasteiger partial charge in [-0.3, -0.25) is 20.4 Å². The topological polar surface area (TPSA) is 64.7 Å². The molecule has 2 aromatic rings. The highest BCUT2D eigenvalue weighted by Gasteiger charge is 2.29. The molecule has 2 fully saturated rings. The Morgan fingerprint density at radius 3 is 2.60 bits per heavy atom. The highest BCUT2D eigenvalue weighted by Crippen LogP contribution is 2.25. The highest BCUT2D eigenvalue weighted by atomic mass is 19.1. The van der Waals surface area contributed by atoms with Crippen LogP contribution in [-0.2, 0) is 9.59 Å². The summed E-state index contributed by atoms with van der Waals surface area (Å²) in [5.74, 6) is -0.0630. The van der Waals surface area contributed by atoms with Crippen LogP contribution in [0.25, 0.3) is 6.08 Å². The number of piperidine rings is 1. The van der Waals surface area contributed by atoms with E-state index in [4.69, 9.17) is 0 Å². The summed E-state index contributed by atoms with van der Waals surface area (Å²) < 4.78 is 13.5. The predicted octanol–water partition coefficient (Wildman–Crippen LogP) is 3.92. The fraction of sp³-hybridized carbons (Fsp3) is 0.429. The number of halogens is 1. The minimum atomic E-state index is -0.216. The van der Waals surface area contributed by atoms with Crippen molar-refractivity contribution < 1.29 is 14.0 Å². The number of hydrogen-bond donors (Lipinski definition) is 2. The molecule has 186 valence electrons. The fourth-order valence-corrected chi connectivity index (χ4v) is 4.93. The van der Waals surface area contributed by atoms with E-state index in [9.17, 15) is 14.0 Å². The van der Waals surface area contributed by atoms with Crippen LogP contribution in [0, 0.1) is 11.7 Å². The fourth-order valence-electron chi connectivity index (χ4n) is 4.93. The summed E-state index contributed by atoms with van der Waals surface area (Å²) in [4.78, 5) is 29.1. The number of likely N-dealkylation sites (tertiary alicyclic amines) is 1. The molecule has 2 aliphatic rings. The van der Waals surface area contributed by atoms with Crippen LogP contribution in [0.1, 0.15) is 49.3 Å². The number of benzene rings is 2. The van der Waals surface area contributed by atoms with Crippen LogP contribution in [0.2, 0.25) is 0 Å². The summed E-state index contributed by atoms with van der Waals surface area (Å²) in [6.07, 6.45) is 7.61. The second-order valence-corrected chi connectivity index (χ2v) is 9.57. The van der Waals surface area contributed by atoms with E-state index in [2.05, 4.69) is 10.9 Å². The Labute approximate surface area is 207 Å². The summed E-state index contributed by atoms with van der Waals surface area (Å²) in [5, 5.41) is 0. The van der Waals surface area contributed by atoms with Crippen molar-refractivity contribution in [1.82, 2.24) is 20.7 Å². The SMILES string of the molecule is CN(CCCC1CC(c2cccc(F)c2)NN1)C(=O)C1CCN(C(=O)/C=C/c2ccccc2)CC1. The monoisotopic (exact) mass is 478 g/mol. The molecule has 2 heterocycles. The van der Waals surface area contributed by atoms with E-state index in [1.54, 1.807) is 18.2 Å². The first-order chi connectivity index (χ1) is 17.0. The average Bonchev–Trinajstić information content (AvgIpc) is 3.36. The molecule has 7 heteroatoms. The highest BCUT2D eigenvalue weighted by molar-refractivity contribution is 5.92. The van der Waals surface area contributed by atoms with Gasteiger partial charge in [-0.05, 0) is 61.4 Å². The largest absolute Gasteiger partial charge is 0.346 e. The van der Waals surface area contributed by atoms with Gasteiger partial charge in [-0.1, -0.05) is 42.5 Å². The lowest BCUT2D eigenvalue weighted by atomic mass is 9.95. The molecule has 2 unspecified atom stereocenters. The maximum Gasteiger partial charge on any atom is 0.246 e. The molecule has 35 heavy (non-hydrogen) atoms. The van der Waals surface area contributed by atoms with Crippen LogP contribution >= 0.6 is 0 Å². The third-order valence-electron chi connectivity index (χ3n) is 7.03. The van der Waals surface area contributed by atoms with Crippen molar-refractivity contribution in [2.45, 2.75) is 44.2 Å². The number of amides is 2. The van der Waals surface area contributed by atoms with Crippen LogP contribution in [0.3, 0.4) is 0 Å². The smallest absolute Gasteiger partial charge is 0.246 e. The van der Waals surface area contributed by atoms with Gasteiger partial charge in [0, 0.05) is 50.8 Å². The van der Waals surface area contributed by atoms with Gasteiger partial charge in [0.2, 0.25) is 11.8 Å². The summed E-state index contributed by atoms with van der Waals surface area (Å²) in [7, 11) is 1.87. The zero-order chi connectivity index (χ0) is 24.6. The lowest BCUT2D eigenvalue weighted by Crippen LogP contribution is -2.43. The molecule has 2 atom stereocenters. The van der Waals surface area contributed by atoms with Gasteiger partial charge < -0.3 is 9.80 Å². The second-order valence-electron chi connectivity index (χ2n) is 9.57. The molecule has 0 aromatic heterocycles. The molecule has 0 saturated carbocycles. The van der Waals surface area contributed by atoms with Crippen LogP contribution < -0.4 is 10.9 Å². The van der Waals surface area contributed by atoms with Crippen LogP contribution in [-0.4, -0.2) is 54.3 Å². The Morgan fingerprint density at radius 1 is 1.09 bits per heavy atom. The van der Waals surface area contributed by atoms with Gasteiger partial charge in [-0.15, -0.1) is 0 Å². The Kier molecular flexibility index (Phi) is 8.66. The first-order valence-electron chi connectivity index (χ1n) is 12.5. The average molecular weight is 479 g/mol. The number of hydrogen-bond acceptors (Lipinski definition) is 4. The standard InChI is InChI=1S/C28H35FN4O2/c1-32(16-6-11-25-20-26(31-30-25)23-9-5-10-24(29)19-23)28(35)22-14-17-33(18-15-22)27(34)13-12-21-7-3-2-4-8-21/h2-5,7-10,12-13,19,22,25-26,30-31H,6,11,14-18,20H2,1H3/b13-12+. The van der Waals surface area contributed by atoms with Crippen molar-refractivity contribution in [3.63, 3.8) is 0 Å². The van der Waals surface area contributed by atoms with Gasteiger partial charge in [0.15, 0.2) is 0 Å². The minimum Gasteiger partial charge on any atom is -0.346 e.